The number of aryl methyl sites for hydroxylation is 2. The number of fused-ring (bicyclic) bond motifs is 1. The Bertz CT molecular complexity index is 950. The highest BCUT2D eigenvalue weighted by atomic mass is 35.5. The summed E-state index contributed by atoms with van der Waals surface area (Å²) in [5.74, 6) is 0.457. The zero-order valence-corrected chi connectivity index (χ0v) is 15.9. The monoisotopic (exact) mass is 396 g/mol. The topological polar surface area (TPSA) is 63.6 Å². The quantitative estimate of drug-likeness (QED) is 0.590. The van der Waals surface area contributed by atoms with Gasteiger partial charge in [0.05, 0.1) is 6.26 Å². The van der Waals surface area contributed by atoms with Crippen LogP contribution < -0.4 is 0 Å². The summed E-state index contributed by atoms with van der Waals surface area (Å²) < 4.78 is 33.5. The summed E-state index contributed by atoms with van der Waals surface area (Å²) in [6.07, 6.45) is 2.97. The van der Waals surface area contributed by atoms with Crippen molar-refractivity contribution < 1.29 is 18.0 Å². The average molecular weight is 397 g/mol. The van der Waals surface area contributed by atoms with Crippen LogP contribution in [-0.4, -0.2) is 38.5 Å². The van der Waals surface area contributed by atoms with Crippen LogP contribution in [0.1, 0.15) is 41.0 Å². The van der Waals surface area contributed by atoms with E-state index in [-0.39, 0.29) is 23.3 Å². The second-order valence-electron chi connectivity index (χ2n) is 6.46. The maximum atomic E-state index is 13.7. The van der Waals surface area contributed by atoms with Crippen LogP contribution in [0.4, 0.5) is 8.78 Å². The normalized spacial score (nSPS) is 13.1. The van der Waals surface area contributed by atoms with Gasteiger partial charge in [-0.3, -0.25) is 4.79 Å². The number of carbonyl (C=O) groups is 1. The highest BCUT2D eigenvalue weighted by molar-refractivity contribution is 6.21. The lowest BCUT2D eigenvalue weighted by molar-refractivity contribution is 0.0726. The number of alkyl halides is 3. The molecule has 3 aromatic heterocycles. The molecule has 0 N–H and O–H groups in total. The average Bonchev–Trinajstić information content (AvgIpc) is 3.25. The molecule has 1 atom stereocenters. The molecule has 1 unspecified atom stereocenters. The standard InChI is InChI=1S/C18H19ClF2N4O2/c1-11-9-15(18(19,20)21)25-16(22-11)10-14(23-25)17(26)24(3)12(2)6-7-13-5-4-8-27-13/h4-5,8-10,12H,6-7H2,1-3H3. The minimum Gasteiger partial charge on any atom is -0.469 e. The molecular formula is C18H19ClF2N4O2. The molecule has 0 aliphatic heterocycles. The van der Waals surface area contributed by atoms with Crippen molar-refractivity contribution in [3.63, 3.8) is 0 Å². The first kappa shape index (κ1) is 19.3. The van der Waals surface area contributed by atoms with E-state index in [1.807, 2.05) is 19.1 Å². The molecule has 0 aromatic carbocycles. The van der Waals surface area contributed by atoms with Gasteiger partial charge < -0.3 is 9.32 Å². The molecule has 3 aromatic rings. The molecule has 1 amide bonds. The van der Waals surface area contributed by atoms with Gasteiger partial charge in [-0.1, -0.05) is 0 Å². The second-order valence-corrected chi connectivity index (χ2v) is 6.94. The van der Waals surface area contributed by atoms with Crippen molar-refractivity contribution in [2.75, 3.05) is 7.05 Å². The highest BCUT2D eigenvalue weighted by Crippen LogP contribution is 2.32. The lowest BCUT2D eigenvalue weighted by Gasteiger charge is -2.23. The van der Waals surface area contributed by atoms with Crippen molar-refractivity contribution in [1.82, 2.24) is 19.5 Å². The zero-order valence-electron chi connectivity index (χ0n) is 15.1. The summed E-state index contributed by atoms with van der Waals surface area (Å²) in [4.78, 5) is 18.4. The van der Waals surface area contributed by atoms with Crippen molar-refractivity contribution in [2.45, 2.75) is 38.1 Å². The third-order valence-electron chi connectivity index (χ3n) is 4.43. The van der Waals surface area contributed by atoms with Crippen LogP contribution in [0.5, 0.6) is 0 Å². The SMILES string of the molecule is Cc1cc(C(F)(F)Cl)n2nc(C(=O)N(C)C(C)CCc3ccco3)cc2n1. The van der Waals surface area contributed by atoms with Gasteiger partial charge in [0.1, 0.15) is 11.5 Å². The zero-order chi connectivity index (χ0) is 19.8. The van der Waals surface area contributed by atoms with Crippen molar-refractivity contribution in [2.24, 2.45) is 0 Å². The molecule has 6 nitrogen and oxygen atoms in total. The molecule has 9 heteroatoms. The highest BCUT2D eigenvalue weighted by Gasteiger charge is 2.33. The first-order valence-electron chi connectivity index (χ1n) is 8.41. The van der Waals surface area contributed by atoms with Crippen LogP contribution in [-0.2, 0) is 11.8 Å². The fourth-order valence-corrected chi connectivity index (χ4v) is 2.92. The maximum absolute atomic E-state index is 13.7. The number of hydrogen-bond acceptors (Lipinski definition) is 4. The Hall–Kier alpha value is -2.48. The van der Waals surface area contributed by atoms with Crippen LogP contribution in [0.25, 0.3) is 5.65 Å². The molecule has 0 radical (unpaired) electrons. The van der Waals surface area contributed by atoms with E-state index in [4.69, 9.17) is 16.0 Å². The largest absolute Gasteiger partial charge is 0.469 e. The van der Waals surface area contributed by atoms with E-state index in [9.17, 15) is 13.6 Å². The van der Waals surface area contributed by atoms with E-state index >= 15 is 0 Å². The third-order valence-corrected chi connectivity index (χ3v) is 4.63. The van der Waals surface area contributed by atoms with Gasteiger partial charge in [0.2, 0.25) is 0 Å². The predicted molar refractivity (Wildman–Crippen MR) is 96.1 cm³/mol. The van der Waals surface area contributed by atoms with Crippen molar-refractivity contribution in [1.29, 1.82) is 0 Å². The molecule has 3 heterocycles. The number of amides is 1. The minimum atomic E-state index is -3.62. The Morgan fingerprint density at radius 1 is 1.44 bits per heavy atom. The summed E-state index contributed by atoms with van der Waals surface area (Å²) in [7, 11) is 1.65. The Kier molecular flexibility index (Phi) is 5.19. The Balaban J connectivity index is 1.82. The maximum Gasteiger partial charge on any atom is 0.364 e. The van der Waals surface area contributed by atoms with Gasteiger partial charge in [0.25, 0.3) is 5.91 Å². The molecule has 0 aliphatic carbocycles. The molecule has 0 fully saturated rings. The van der Waals surface area contributed by atoms with E-state index in [1.54, 1.807) is 20.2 Å². The molecular weight excluding hydrogens is 378 g/mol. The first-order chi connectivity index (χ1) is 12.7. The molecule has 0 bridgehead atoms. The summed E-state index contributed by atoms with van der Waals surface area (Å²) in [6, 6.07) is 6.12. The fourth-order valence-electron chi connectivity index (χ4n) is 2.79. The number of rotatable bonds is 6. The number of aromatic nitrogens is 3. The Morgan fingerprint density at radius 3 is 2.81 bits per heavy atom. The van der Waals surface area contributed by atoms with Crippen LogP contribution in [0.15, 0.2) is 34.9 Å². The van der Waals surface area contributed by atoms with Gasteiger partial charge >= 0.3 is 5.38 Å². The molecule has 27 heavy (non-hydrogen) atoms. The number of furan rings is 1. The lowest BCUT2D eigenvalue weighted by atomic mass is 10.1. The fraction of sp³-hybridized carbons (Fsp3) is 0.389. The molecule has 144 valence electrons. The predicted octanol–water partition coefficient (Wildman–Crippen LogP) is 4.01. The summed E-state index contributed by atoms with van der Waals surface area (Å²) >= 11 is 5.18. The number of nitrogens with zero attached hydrogens (tertiary/aromatic N) is 4. The van der Waals surface area contributed by atoms with E-state index < -0.39 is 11.1 Å². The van der Waals surface area contributed by atoms with Crippen molar-refractivity contribution in [3.8, 4) is 0 Å². The molecule has 0 saturated heterocycles. The summed E-state index contributed by atoms with van der Waals surface area (Å²) in [5, 5.41) is 0.389. The Labute approximate surface area is 159 Å². The second kappa shape index (κ2) is 7.26. The molecule has 3 rings (SSSR count). The van der Waals surface area contributed by atoms with Gasteiger partial charge in [-0.05, 0) is 50.1 Å². The van der Waals surface area contributed by atoms with Gasteiger partial charge in [0.15, 0.2) is 11.3 Å². The molecule has 0 spiro atoms. The van der Waals surface area contributed by atoms with E-state index in [0.29, 0.717) is 18.5 Å². The molecule has 0 saturated carbocycles. The van der Waals surface area contributed by atoms with Gasteiger partial charge in [-0.15, -0.1) is 0 Å². The van der Waals surface area contributed by atoms with Crippen LogP contribution in [0, 0.1) is 6.92 Å². The van der Waals surface area contributed by atoms with E-state index in [0.717, 1.165) is 16.3 Å². The number of hydrogen-bond donors (Lipinski definition) is 0. The van der Waals surface area contributed by atoms with E-state index in [2.05, 4.69) is 10.1 Å². The smallest absolute Gasteiger partial charge is 0.364 e. The van der Waals surface area contributed by atoms with E-state index in [1.165, 1.54) is 11.0 Å². The Morgan fingerprint density at radius 2 is 2.19 bits per heavy atom. The van der Waals surface area contributed by atoms with Gasteiger partial charge in [0, 0.05) is 31.3 Å². The third kappa shape index (κ3) is 4.10. The number of halogens is 3. The molecule has 0 aliphatic rings. The van der Waals surface area contributed by atoms with Gasteiger partial charge in [-0.25, -0.2) is 9.50 Å². The van der Waals surface area contributed by atoms with Gasteiger partial charge in [-0.2, -0.15) is 13.9 Å². The van der Waals surface area contributed by atoms with Crippen molar-refractivity contribution >= 4 is 23.2 Å². The minimum absolute atomic E-state index is 0.0302. The van der Waals surface area contributed by atoms with Crippen LogP contribution >= 0.6 is 11.6 Å². The summed E-state index contributed by atoms with van der Waals surface area (Å²) in [5.41, 5.74) is 0.00376. The van der Waals surface area contributed by atoms with Crippen molar-refractivity contribution in [3.05, 3.63) is 53.4 Å². The first-order valence-corrected chi connectivity index (χ1v) is 8.79. The lowest BCUT2D eigenvalue weighted by Crippen LogP contribution is -2.35. The van der Waals surface area contributed by atoms with Crippen LogP contribution in [0.2, 0.25) is 0 Å². The number of carbonyl (C=O) groups excluding carboxylic acids is 1. The summed E-state index contributed by atoms with van der Waals surface area (Å²) in [6.45, 7) is 3.47. The van der Waals surface area contributed by atoms with Crippen LogP contribution in [0.3, 0.4) is 0 Å².